The molecule has 1 aliphatic carbocycles. The number of hydrogen-bond acceptors (Lipinski definition) is 6. The molecule has 0 saturated heterocycles. The summed E-state index contributed by atoms with van der Waals surface area (Å²) in [4.78, 5) is 18.0. The number of aliphatic carboxylic acids is 1. The molecule has 0 bridgehead atoms. The molecular formula is C25H31F3N4O3. The number of ether oxygens (including phenoxy) is 1. The summed E-state index contributed by atoms with van der Waals surface area (Å²) in [6.07, 6.45) is 2.28. The number of nitrogens with one attached hydrogen (secondary N) is 2. The Bertz CT molecular complexity index is 1050. The van der Waals surface area contributed by atoms with Crippen LogP contribution in [0.15, 0.2) is 52.8 Å². The number of alkyl halides is 3. The van der Waals surface area contributed by atoms with Gasteiger partial charge in [-0.1, -0.05) is 20.8 Å². The summed E-state index contributed by atoms with van der Waals surface area (Å²) < 4.78 is 41.5. The van der Waals surface area contributed by atoms with Gasteiger partial charge in [0.25, 0.3) is 0 Å². The maximum atomic E-state index is 12.5. The third-order valence-electron chi connectivity index (χ3n) is 6.50. The Kier molecular flexibility index (Phi) is 6.75. The van der Waals surface area contributed by atoms with E-state index in [0.29, 0.717) is 24.0 Å². The van der Waals surface area contributed by atoms with Gasteiger partial charge in [0.2, 0.25) is 5.96 Å². The first-order valence-corrected chi connectivity index (χ1v) is 11.8. The van der Waals surface area contributed by atoms with Gasteiger partial charge in [-0.3, -0.25) is 4.79 Å². The first-order valence-electron chi connectivity index (χ1n) is 11.8. The highest BCUT2D eigenvalue weighted by atomic mass is 19.4. The van der Waals surface area contributed by atoms with Gasteiger partial charge in [0.1, 0.15) is 5.75 Å². The molecule has 1 unspecified atom stereocenters. The van der Waals surface area contributed by atoms with Crippen LogP contribution in [0.5, 0.6) is 5.75 Å². The smallest absolute Gasteiger partial charge is 0.481 e. The number of aliphatic imine (C=N–C) groups is 1. The fraction of sp³-hybridized carbons (Fsp3) is 0.520. The molecule has 190 valence electrons. The lowest BCUT2D eigenvalue weighted by Gasteiger charge is -2.44. The van der Waals surface area contributed by atoms with Crippen LogP contribution < -0.4 is 15.4 Å². The molecule has 0 aromatic heterocycles. The molecule has 1 fully saturated rings. The standard InChI is InChI=1S/C25H31F3N4O3/c1-15-12-18(14-24(2,3)13-15)32-20-10-6-16(7-11-21(33)34)29-22(20)31-23(32)30-17-4-8-19(9-5-17)35-25(26,27)28/h4-6,8-10,15,18,22,29H,7,11-14H2,1-3H3,(H,30,31)(H,33,34)/t15-,18+,22?/m0/s1. The molecule has 1 aromatic carbocycles. The van der Waals surface area contributed by atoms with Gasteiger partial charge in [-0.25, -0.2) is 4.99 Å². The molecule has 0 amide bonds. The summed E-state index contributed by atoms with van der Waals surface area (Å²) in [6.45, 7) is 6.79. The number of dihydropyridines is 1. The third kappa shape index (κ3) is 6.29. The van der Waals surface area contributed by atoms with Crippen LogP contribution in [0.3, 0.4) is 0 Å². The highest BCUT2D eigenvalue weighted by Crippen LogP contribution is 2.43. The minimum Gasteiger partial charge on any atom is -0.481 e. The molecule has 35 heavy (non-hydrogen) atoms. The molecule has 0 radical (unpaired) electrons. The molecule has 7 nitrogen and oxygen atoms in total. The summed E-state index contributed by atoms with van der Waals surface area (Å²) >= 11 is 0. The van der Waals surface area contributed by atoms with Crippen molar-refractivity contribution in [3.63, 3.8) is 0 Å². The lowest BCUT2D eigenvalue weighted by atomic mass is 9.70. The number of carbonyl (C=O) groups is 1. The summed E-state index contributed by atoms with van der Waals surface area (Å²) in [5.74, 6) is -0.0121. The quantitative estimate of drug-likeness (QED) is 0.490. The maximum absolute atomic E-state index is 12.5. The molecule has 3 N–H and O–H groups in total. The number of rotatable bonds is 6. The lowest BCUT2D eigenvalue weighted by molar-refractivity contribution is -0.274. The Morgan fingerprint density at radius 3 is 2.60 bits per heavy atom. The van der Waals surface area contributed by atoms with E-state index in [1.54, 1.807) is 0 Å². The van der Waals surface area contributed by atoms with Crippen molar-refractivity contribution in [3.05, 3.63) is 47.8 Å². The van der Waals surface area contributed by atoms with Gasteiger partial charge in [-0.05, 0) is 73.4 Å². The summed E-state index contributed by atoms with van der Waals surface area (Å²) in [5.41, 5.74) is 2.52. The second-order valence-corrected chi connectivity index (χ2v) is 10.3. The van der Waals surface area contributed by atoms with Gasteiger partial charge in [0, 0.05) is 17.4 Å². The molecule has 10 heteroatoms. The van der Waals surface area contributed by atoms with E-state index >= 15 is 0 Å². The molecular weight excluding hydrogens is 461 g/mol. The van der Waals surface area contributed by atoms with Crippen molar-refractivity contribution >= 4 is 17.6 Å². The zero-order chi connectivity index (χ0) is 25.4. The molecule has 1 aromatic rings. The molecule has 3 atom stereocenters. The number of halogens is 3. The fourth-order valence-electron chi connectivity index (χ4n) is 5.43. The number of fused-ring (bicyclic) bond motifs is 1. The van der Waals surface area contributed by atoms with Crippen molar-refractivity contribution in [1.29, 1.82) is 0 Å². The van der Waals surface area contributed by atoms with Crippen LogP contribution in [-0.4, -0.2) is 40.5 Å². The zero-order valence-electron chi connectivity index (χ0n) is 20.0. The number of hydrogen-bond donors (Lipinski definition) is 3. The third-order valence-corrected chi connectivity index (χ3v) is 6.50. The normalized spacial score (nSPS) is 25.6. The van der Waals surface area contributed by atoms with Crippen molar-refractivity contribution in [3.8, 4) is 5.75 Å². The maximum Gasteiger partial charge on any atom is 0.573 e. The second kappa shape index (κ2) is 9.47. The summed E-state index contributed by atoms with van der Waals surface area (Å²) in [7, 11) is 0. The number of nitrogens with zero attached hydrogens (tertiary/aromatic N) is 2. The predicted octanol–water partition coefficient (Wildman–Crippen LogP) is 5.45. The Hall–Kier alpha value is -3.17. The number of guanidine groups is 1. The number of anilines is 1. The van der Waals surface area contributed by atoms with E-state index in [1.807, 2.05) is 12.2 Å². The first-order chi connectivity index (χ1) is 16.4. The molecule has 3 aliphatic rings. The average Bonchev–Trinajstić information content (AvgIpc) is 3.08. The fourth-order valence-corrected chi connectivity index (χ4v) is 5.43. The SMILES string of the molecule is C[C@H]1C[C@@H](N2C3=CC=C(CCC(=O)O)NC3N=C2Nc2ccc(OC(F)(F)F)cc2)CC(C)(C)C1. The van der Waals surface area contributed by atoms with Crippen LogP contribution in [-0.2, 0) is 4.79 Å². The number of benzene rings is 1. The van der Waals surface area contributed by atoms with Gasteiger partial charge in [-0.15, -0.1) is 13.2 Å². The van der Waals surface area contributed by atoms with Crippen molar-refractivity contribution in [2.75, 3.05) is 5.32 Å². The van der Waals surface area contributed by atoms with Crippen molar-refractivity contribution in [2.24, 2.45) is 16.3 Å². The number of carboxylic acid groups (broad SMARTS) is 1. The van der Waals surface area contributed by atoms with Gasteiger partial charge in [0.15, 0.2) is 6.17 Å². The van der Waals surface area contributed by atoms with E-state index in [-0.39, 0.29) is 29.8 Å². The molecule has 1 saturated carbocycles. The lowest BCUT2D eigenvalue weighted by Crippen LogP contribution is -2.47. The second-order valence-electron chi connectivity index (χ2n) is 10.3. The van der Waals surface area contributed by atoms with Crippen LogP contribution in [0.2, 0.25) is 0 Å². The van der Waals surface area contributed by atoms with Crippen LogP contribution in [0.25, 0.3) is 0 Å². The first kappa shape index (κ1) is 24.9. The largest absolute Gasteiger partial charge is 0.573 e. The minimum atomic E-state index is -4.75. The monoisotopic (exact) mass is 492 g/mol. The van der Waals surface area contributed by atoms with Crippen molar-refractivity contribution in [2.45, 2.75) is 71.4 Å². The van der Waals surface area contributed by atoms with Gasteiger partial charge in [-0.2, -0.15) is 0 Å². The van der Waals surface area contributed by atoms with Gasteiger partial charge < -0.3 is 25.4 Å². The van der Waals surface area contributed by atoms with E-state index < -0.39 is 12.3 Å². The van der Waals surface area contributed by atoms with Crippen LogP contribution in [0.1, 0.15) is 52.9 Å². The molecule has 4 rings (SSSR count). The van der Waals surface area contributed by atoms with Gasteiger partial charge in [0.05, 0.1) is 12.1 Å². The van der Waals surface area contributed by atoms with Gasteiger partial charge >= 0.3 is 12.3 Å². The van der Waals surface area contributed by atoms with Crippen LogP contribution >= 0.6 is 0 Å². The van der Waals surface area contributed by atoms with E-state index in [9.17, 15) is 18.0 Å². The number of allylic oxidation sites excluding steroid dienone is 3. The molecule has 2 heterocycles. The van der Waals surface area contributed by atoms with Crippen LogP contribution in [0.4, 0.5) is 18.9 Å². The molecule has 2 aliphatic heterocycles. The Morgan fingerprint density at radius 1 is 1.26 bits per heavy atom. The highest BCUT2D eigenvalue weighted by Gasteiger charge is 2.42. The van der Waals surface area contributed by atoms with E-state index in [0.717, 1.165) is 30.7 Å². The average molecular weight is 493 g/mol. The summed E-state index contributed by atoms with van der Waals surface area (Å²) in [6, 6.07) is 5.76. The Balaban J connectivity index is 1.58. The van der Waals surface area contributed by atoms with Crippen LogP contribution in [0, 0.1) is 11.3 Å². The van der Waals surface area contributed by atoms with E-state index in [2.05, 4.69) is 41.0 Å². The van der Waals surface area contributed by atoms with E-state index in [1.165, 1.54) is 24.3 Å². The number of carboxylic acids is 1. The predicted molar refractivity (Wildman–Crippen MR) is 127 cm³/mol. The minimum absolute atomic E-state index is 0.0218. The van der Waals surface area contributed by atoms with Crippen molar-refractivity contribution < 1.29 is 27.8 Å². The van der Waals surface area contributed by atoms with Crippen molar-refractivity contribution in [1.82, 2.24) is 10.2 Å². The topological polar surface area (TPSA) is 86.2 Å². The molecule has 0 spiro atoms. The zero-order valence-corrected chi connectivity index (χ0v) is 20.0. The Labute approximate surface area is 202 Å². The summed E-state index contributed by atoms with van der Waals surface area (Å²) in [5, 5.41) is 15.6. The Morgan fingerprint density at radius 2 is 1.97 bits per heavy atom. The highest BCUT2D eigenvalue weighted by molar-refractivity contribution is 5.97. The van der Waals surface area contributed by atoms with E-state index in [4.69, 9.17) is 10.1 Å².